The molecule has 0 saturated carbocycles. The molecule has 2 heterocycles. The third kappa shape index (κ3) is 3.66. The second kappa shape index (κ2) is 7.21. The van der Waals surface area contributed by atoms with E-state index in [1.165, 1.54) is 16.7 Å². The number of nitrogens with two attached hydrogens (primary N) is 1. The predicted molar refractivity (Wildman–Crippen MR) is 95.8 cm³/mol. The van der Waals surface area contributed by atoms with Crippen LogP contribution in [0, 0.1) is 11.3 Å². The molecular formula is C17H20FN5O2S. The SMILES string of the molecule is CC(C)(SCc1ccc2nonc2c1)C(N)C(=O)N1C[C@@H](F)C[C@H]1C#N. The molecule has 3 atom stereocenters. The number of carbonyl (C=O) groups excluding carboxylic acids is 1. The summed E-state index contributed by atoms with van der Waals surface area (Å²) in [6.45, 7) is 3.68. The van der Waals surface area contributed by atoms with Crippen LogP contribution in [-0.4, -0.2) is 50.7 Å². The number of carbonyl (C=O) groups is 1. The van der Waals surface area contributed by atoms with E-state index in [0.717, 1.165) is 5.56 Å². The summed E-state index contributed by atoms with van der Waals surface area (Å²) in [5.41, 5.74) is 8.55. The lowest BCUT2D eigenvalue weighted by atomic mass is 10.0. The maximum atomic E-state index is 13.6. The minimum Gasteiger partial charge on any atom is -0.322 e. The summed E-state index contributed by atoms with van der Waals surface area (Å²) < 4.78 is 17.7. The highest BCUT2D eigenvalue weighted by Crippen LogP contribution is 2.33. The largest absolute Gasteiger partial charge is 0.322 e. The van der Waals surface area contributed by atoms with Crippen molar-refractivity contribution in [1.29, 1.82) is 5.26 Å². The van der Waals surface area contributed by atoms with E-state index in [2.05, 4.69) is 14.9 Å². The topological polar surface area (TPSA) is 109 Å². The van der Waals surface area contributed by atoms with Crippen LogP contribution in [0.15, 0.2) is 22.8 Å². The Morgan fingerprint density at radius 1 is 1.54 bits per heavy atom. The highest BCUT2D eigenvalue weighted by Gasteiger charge is 2.42. The third-order valence-electron chi connectivity index (χ3n) is 4.63. The number of alkyl halides is 1. The van der Waals surface area contributed by atoms with Crippen molar-refractivity contribution in [2.24, 2.45) is 5.73 Å². The Morgan fingerprint density at radius 2 is 2.27 bits per heavy atom. The van der Waals surface area contributed by atoms with Gasteiger partial charge in [-0.2, -0.15) is 5.26 Å². The van der Waals surface area contributed by atoms with Crippen LogP contribution >= 0.6 is 11.8 Å². The van der Waals surface area contributed by atoms with Crippen molar-refractivity contribution >= 4 is 28.7 Å². The predicted octanol–water partition coefficient (Wildman–Crippen LogP) is 2.02. The molecule has 0 aliphatic carbocycles. The average Bonchev–Trinajstić information content (AvgIpc) is 3.24. The van der Waals surface area contributed by atoms with Gasteiger partial charge in [-0.1, -0.05) is 6.07 Å². The molecule has 1 aromatic carbocycles. The number of halogens is 1. The number of hydrogen-bond donors (Lipinski definition) is 1. The van der Waals surface area contributed by atoms with Crippen LogP contribution in [0.3, 0.4) is 0 Å². The molecule has 1 saturated heterocycles. The van der Waals surface area contributed by atoms with Crippen molar-refractivity contribution in [3.8, 4) is 6.07 Å². The number of aromatic nitrogens is 2. The molecule has 1 aliphatic heterocycles. The minimum absolute atomic E-state index is 0.0499. The van der Waals surface area contributed by atoms with Gasteiger partial charge in [-0.25, -0.2) is 9.02 Å². The summed E-state index contributed by atoms with van der Waals surface area (Å²) >= 11 is 1.52. The van der Waals surface area contributed by atoms with Crippen molar-refractivity contribution in [1.82, 2.24) is 15.2 Å². The molecule has 3 rings (SSSR count). The summed E-state index contributed by atoms with van der Waals surface area (Å²) in [5.74, 6) is 0.231. The van der Waals surface area contributed by atoms with E-state index in [1.807, 2.05) is 38.1 Å². The van der Waals surface area contributed by atoms with Gasteiger partial charge >= 0.3 is 0 Å². The second-order valence-corrected chi connectivity index (χ2v) is 8.56. The van der Waals surface area contributed by atoms with Gasteiger partial charge in [0.2, 0.25) is 5.91 Å². The maximum Gasteiger partial charge on any atom is 0.242 e. The fourth-order valence-corrected chi connectivity index (χ4v) is 3.90. The first-order valence-corrected chi connectivity index (χ1v) is 9.25. The zero-order chi connectivity index (χ0) is 18.9. The Balaban J connectivity index is 1.66. The number of thioether (sulfide) groups is 1. The lowest BCUT2D eigenvalue weighted by Crippen LogP contribution is -2.54. The van der Waals surface area contributed by atoms with Gasteiger partial charge in [0.15, 0.2) is 0 Å². The van der Waals surface area contributed by atoms with Gasteiger partial charge in [0.25, 0.3) is 0 Å². The number of nitrogens with zero attached hydrogens (tertiary/aromatic N) is 4. The summed E-state index contributed by atoms with van der Waals surface area (Å²) in [6.07, 6.45) is -1.12. The summed E-state index contributed by atoms with van der Waals surface area (Å²) in [4.78, 5) is 14.0. The van der Waals surface area contributed by atoms with Crippen LogP contribution in [0.1, 0.15) is 25.8 Å². The van der Waals surface area contributed by atoms with E-state index in [1.54, 1.807) is 0 Å². The lowest BCUT2D eigenvalue weighted by Gasteiger charge is -2.33. The zero-order valence-electron chi connectivity index (χ0n) is 14.6. The molecule has 0 radical (unpaired) electrons. The van der Waals surface area contributed by atoms with Gasteiger partial charge in [-0.15, -0.1) is 11.8 Å². The van der Waals surface area contributed by atoms with Gasteiger partial charge in [0.1, 0.15) is 23.2 Å². The molecule has 26 heavy (non-hydrogen) atoms. The number of fused-ring (bicyclic) bond motifs is 1. The van der Waals surface area contributed by atoms with Gasteiger partial charge in [0.05, 0.1) is 18.7 Å². The van der Waals surface area contributed by atoms with Crippen molar-refractivity contribution in [3.05, 3.63) is 23.8 Å². The van der Waals surface area contributed by atoms with Crippen LogP contribution in [0.25, 0.3) is 11.0 Å². The van der Waals surface area contributed by atoms with Gasteiger partial charge < -0.3 is 10.6 Å². The van der Waals surface area contributed by atoms with Crippen molar-refractivity contribution in [2.45, 2.75) is 49.0 Å². The molecule has 2 aromatic rings. The average molecular weight is 377 g/mol. The smallest absolute Gasteiger partial charge is 0.242 e. The molecule has 1 fully saturated rings. The molecular weight excluding hydrogens is 357 g/mol. The molecule has 2 N–H and O–H groups in total. The van der Waals surface area contributed by atoms with E-state index in [9.17, 15) is 9.18 Å². The van der Waals surface area contributed by atoms with Crippen LogP contribution in [-0.2, 0) is 10.5 Å². The first-order valence-electron chi connectivity index (χ1n) is 8.26. The molecule has 0 spiro atoms. The molecule has 7 nitrogen and oxygen atoms in total. The fraction of sp³-hybridized carbons (Fsp3) is 0.529. The monoisotopic (exact) mass is 377 g/mol. The third-order valence-corrected chi connectivity index (χ3v) is 6.10. The first kappa shape index (κ1) is 18.6. The normalized spacial score (nSPS) is 21.7. The van der Waals surface area contributed by atoms with E-state index in [4.69, 9.17) is 11.0 Å². The van der Waals surface area contributed by atoms with E-state index < -0.39 is 23.0 Å². The minimum atomic E-state index is -1.17. The summed E-state index contributed by atoms with van der Waals surface area (Å²) in [6, 6.07) is 6.02. The van der Waals surface area contributed by atoms with Crippen molar-refractivity contribution in [3.63, 3.8) is 0 Å². The number of benzene rings is 1. The second-order valence-electron chi connectivity index (χ2n) is 6.93. The molecule has 1 amide bonds. The van der Waals surface area contributed by atoms with Crippen LogP contribution in [0.2, 0.25) is 0 Å². The molecule has 1 unspecified atom stereocenters. The van der Waals surface area contributed by atoms with Crippen LogP contribution in [0.5, 0.6) is 0 Å². The van der Waals surface area contributed by atoms with Crippen molar-refractivity contribution < 1.29 is 13.8 Å². The van der Waals surface area contributed by atoms with Crippen LogP contribution in [0.4, 0.5) is 4.39 Å². The zero-order valence-corrected chi connectivity index (χ0v) is 15.4. The quantitative estimate of drug-likeness (QED) is 0.849. The number of rotatable bonds is 5. The van der Waals surface area contributed by atoms with E-state index >= 15 is 0 Å². The Hall–Kier alpha value is -2.18. The van der Waals surface area contributed by atoms with Gasteiger partial charge in [-0.3, -0.25) is 4.79 Å². The number of likely N-dealkylation sites (tertiary alicyclic amines) is 1. The Bertz CT molecular complexity index is 849. The fourth-order valence-electron chi connectivity index (χ4n) is 2.90. The Morgan fingerprint density at radius 3 is 3.00 bits per heavy atom. The molecule has 0 bridgehead atoms. The number of hydrogen-bond acceptors (Lipinski definition) is 7. The number of amides is 1. The Labute approximate surface area is 154 Å². The maximum absolute atomic E-state index is 13.6. The van der Waals surface area contributed by atoms with E-state index in [0.29, 0.717) is 16.8 Å². The first-order chi connectivity index (χ1) is 12.3. The van der Waals surface area contributed by atoms with Gasteiger partial charge in [-0.05, 0) is 41.9 Å². The van der Waals surface area contributed by atoms with E-state index in [-0.39, 0.29) is 18.9 Å². The lowest BCUT2D eigenvalue weighted by molar-refractivity contribution is -0.133. The van der Waals surface area contributed by atoms with Crippen LogP contribution < -0.4 is 5.73 Å². The van der Waals surface area contributed by atoms with Gasteiger partial charge in [0, 0.05) is 16.9 Å². The molecule has 138 valence electrons. The summed E-state index contributed by atoms with van der Waals surface area (Å²) in [7, 11) is 0. The molecule has 1 aliphatic rings. The number of nitriles is 1. The van der Waals surface area contributed by atoms with Crippen molar-refractivity contribution in [2.75, 3.05) is 6.54 Å². The summed E-state index contributed by atoms with van der Waals surface area (Å²) in [5, 5.41) is 16.7. The highest BCUT2D eigenvalue weighted by atomic mass is 32.2. The Kier molecular flexibility index (Phi) is 5.16. The molecule has 9 heteroatoms. The highest BCUT2D eigenvalue weighted by molar-refractivity contribution is 7.99. The standard InChI is InChI=1S/C17H20FN5O2S/c1-17(2,15(20)16(24)23-8-11(18)6-12(23)7-19)26-9-10-3-4-13-14(5-10)22-25-21-13/h3-5,11-12,15H,6,8-9,20H2,1-2H3/t11-,12-,15?/m0/s1. The molecule has 1 aromatic heterocycles.